The van der Waals surface area contributed by atoms with Gasteiger partial charge in [0.2, 0.25) is 0 Å². The van der Waals surface area contributed by atoms with Gasteiger partial charge < -0.3 is 5.11 Å². The van der Waals surface area contributed by atoms with Gasteiger partial charge in [-0.05, 0) is 19.1 Å². The van der Waals surface area contributed by atoms with Crippen molar-refractivity contribution in [1.29, 1.82) is 0 Å². The van der Waals surface area contributed by atoms with E-state index in [0.29, 0.717) is 5.69 Å². The zero-order valence-corrected chi connectivity index (χ0v) is 8.80. The monoisotopic (exact) mass is 220 g/mol. The van der Waals surface area contributed by atoms with Gasteiger partial charge >= 0.3 is 0 Å². The van der Waals surface area contributed by atoms with Gasteiger partial charge in [-0.15, -0.1) is 0 Å². The zero-order valence-electron chi connectivity index (χ0n) is 8.80. The maximum atomic E-state index is 11.1. The Hall–Kier alpha value is -2.17. The van der Waals surface area contributed by atoms with E-state index in [1.165, 1.54) is 19.1 Å². The van der Waals surface area contributed by atoms with Crippen LogP contribution in [0.25, 0.3) is 0 Å². The first-order valence-corrected chi connectivity index (χ1v) is 4.68. The molecule has 0 atom stereocenters. The Bertz CT molecular complexity index is 427. The standard InChI is InChI=1S/C11H12N2O3/c1-8(14)5-11(16)7-12-13-9-3-2-4-10(15)6-9/h2-4,6-7,13,15H,5H2,1H3. The summed E-state index contributed by atoms with van der Waals surface area (Å²) >= 11 is 0. The van der Waals surface area contributed by atoms with Crippen LogP contribution in [-0.2, 0) is 9.59 Å². The third kappa shape index (κ3) is 4.36. The average molecular weight is 220 g/mol. The first-order chi connectivity index (χ1) is 7.58. The van der Waals surface area contributed by atoms with Crippen LogP contribution < -0.4 is 5.43 Å². The lowest BCUT2D eigenvalue weighted by Crippen LogP contribution is -2.06. The van der Waals surface area contributed by atoms with Gasteiger partial charge in [-0.25, -0.2) is 0 Å². The molecule has 0 spiro atoms. The summed E-state index contributed by atoms with van der Waals surface area (Å²) in [5.74, 6) is -0.454. The van der Waals surface area contributed by atoms with Crippen LogP contribution in [0.1, 0.15) is 13.3 Å². The molecule has 1 aromatic carbocycles. The number of nitrogens with one attached hydrogen (secondary N) is 1. The smallest absolute Gasteiger partial charge is 0.182 e. The van der Waals surface area contributed by atoms with Gasteiger partial charge in [-0.2, -0.15) is 5.10 Å². The van der Waals surface area contributed by atoms with Gasteiger partial charge in [0.25, 0.3) is 0 Å². The number of carbonyl (C=O) groups excluding carboxylic acids is 2. The highest BCUT2D eigenvalue weighted by molar-refractivity contribution is 6.31. The van der Waals surface area contributed by atoms with Crippen molar-refractivity contribution in [2.45, 2.75) is 13.3 Å². The van der Waals surface area contributed by atoms with Crippen LogP contribution in [0.2, 0.25) is 0 Å². The lowest BCUT2D eigenvalue weighted by atomic mass is 10.2. The zero-order chi connectivity index (χ0) is 12.0. The van der Waals surface area contributed by atoms with Crippen molar-refractivity contribution in [3.63, 3.8) is 0 Å². The van der Waals surface area contributed by atoms with Crippen LogP contribution >= 0.6 is 0 Å². The van der Waals surface area contributed by atoms with Crippen molar-refractivity contribution in [2.24, 2.45) is 5.10 Å². The summed E-state index contributed by atoms with van der Waals surface area (Å²) in [5, 5.41) is 12.8. The Labute approximate surface area is 92.8 Å². The molecule has 16 heavy (non-hydrogen) atoms. The molecule has 0 saturated heterocycles. The number of hydrogen-bond acceptors (Lipinski definition) is 5. The molecule has 1 rings (SSSR count). The highest BCUT2D eigenvalue weighted by atomic mass is 16.3. The van der Waals surface area contributed by atoms with E-state index in [-0.39, 0.29) is 23.7 Å². The number of hydrogen-bond donors (Lipinski definition) is 2. The molecule has 0 unspecified atom stereocenters. The third-order valence-electron chi connectivity index (χ3n) is 1.67. The first kappa shape index (κ1) is 11.9. The number of Topliss-reactive ketones (excluding diaryl/α,β-unsaturated/α-hetero) is 2. The van der Waals surface area contributed by atoms with Gasteiger partial charge in [-0.3, -0.25) is 15.0 Å². The van der Waals surface area contributed by atoms with Gasteiger partial charge in [-0.1, -0.05) is 6.07 Å². The second-order valence-electron chi connectivity index (χ2n) is 3.27. The first-order valence-electron chi connectivity index (χ1n) is 4.68. The number of aromatic hydroxyl groups is 1. The molecule has 0 aliphatic heterocycles. The number of nitrogens with zero attached hydrogens (tertiary/aromatic N) is 1. The Balaban J connectivity index is 2.48. The maximum absolute atomic E-state index is 11.1. The van der Waals surface area contributed by atoms with Crippen molar-refractivity contribution >= 4 is 23.5 Å². The summed E-state index contributed by atoms with van der Waals surface area (Å²) in [4.78, 5) is 21.6. The van der Waals surface area contributed by atoms with E-state index in [0.717, 1.165) is 6.21 Å². The van der Waals surface area contributed by atoms with E-state index in [9.17, 15) is 9.59 Å². The Morgan fingerprint density at radius 1 is 1.50 bits per heavy atom. The Morgan fingerprint density at radius 2 is 2.25 bits per heavy atom. The minimum atomic E-state index is -0.361. The molecule has 5 nitrogen and oxygen atoms in total. The van der Waals surface area contributed by atoms with Gasteiger partial charge in [0.15, 0.2) is 5.78 Å². The number of anilines is 1. The molecule has 0 aliphatic rings. The highest BCUT2D eigenvalue weighted by Gasteiger charge is 2.01. The van der Waals surface area contributed by atoms with Gasteiger partial charge in [0.05, 0.1) is 18.3 Å². The molecular formula is C11H12N2O3. The number of ketones is 2. The van der Waals surface area contributed by atoms with Crippen LogP contribution in [0.5, 0.6) is 5.75 Å². The molecule has 5 heteroatoms. The second kappa shape index (κ2) is 5.65. The molecule has 0 radical (unpaired) electrons. The van der Waals surface area contributed by atoms with E-state index in [1.54, 1.807) is 12.1 Å². The number of hydrazone groups is 1. The quantitative estimate of drug-likeness (QED) is 0.446. The van der Waals surface area contributed by atoms with E-state index in [1.807, 2.05) is 0 Å². The van der Waals surface area contributed by atoms with Crippen molar-refractivity contribution in [3.05, 3.63) is 24.3 Å². The third-order valence-corrected chi connectivity index (χ3v) is 1.67. The molecule has 0 amide bonds. The number of rotatable bonds is 5. The average Bonchev–Trinajstić information content (AvgIpc) is 2.16. The van der Waals surface area contributed by atoms with E-state index in [2.05, 4.69) is 10.5 Å². The van der Waals surface area contributed by atoms with Crippen LogP contribution in [0.3, 0.4) is 0 Å². The van der Waals surface area contributed by atoms with Crippen molar-refractivity contribution in [3.8, 4) is 5.75 Å². The van der Waals surface area contributed by atoms with Gasteiger partial charge in [0.1, 0.15) is 11.5 Å². The van der Waals surface area contributed by atoms with Gasteiger partial charge in [0, 0.05) is 6.07 Å². The molecular weight excluding hydrogens is 208 g/mol. The van der Waals surface area contributed by atoms with Crippen LogP contribution in [0, 0.1) is 0 Å². The summed E-state index contributed by atoms with van der Waals surface area (Å²) < 4.78 is 0. The normalized spacial score (nSPS) is 10.3. The molecule has 0 fully saturated rings. The summed E-state index contributed by atoms with van der Waals surface area (Å²) in [7, 11) is 0. The maximum Gasteiger partial charge on any atom is 0.182 e. The van der Waals surface area contributed by atoms with E-state index < -0.39 is 0 Å². The Kier molecular flexibility index (Phi) is 4.20. The van der Waals surface area contributed by atoms with E-state index >= 15 is 0 Å². The predicted molar refractivity (Wildman–Crippen MR) is 60.5 cm³/mol. The van der Waals surface area contributed by atoms with Crippen molar-refractivity contribution in [2.75, 3.05) is 5.43 Å². The van der Waals surface area contributed by atoms with Crippen LogP contribution in [0.4, 0.5) is 5.69 Å². The number of phenols is 1. The molecule has 84 valence electrons. The highest BCUT2D eigenvalue weighted by Crippen LogP contribution is 2.14. The molecule has 0 bridgehead atoms. The number of phenolic OH excluding ortho intramolecular Hbond substituents is 1. The van der Waals surface area contributed by atoms with E-state index in [4.69, 9.17) is 5.11 Å². The summed E-state index contributed by atoms with van der Waals surface area (Å²) in [6.45, 7) is 1.34. The number of carbonyl (C=O) groups is 2. The SMILES string of the molecule is CC(=O)CC(=O)C=NNc1cccc(O)c1. The van der Waals surface area contributed by atoms with Crippen molar-refractivity contribution in [1.82, 2.24) is 0 Å². The molecule has 2 N–H and O–H groups in total. The van der Waals surface area contributed by atoms with Crippen LogP contribution in [0.15, 0.2) is 29.4 Å². The second-order valence-corrected chi connectivity index (χ2v) is 3.27. The lowest BCUT2D eigenvalue weighted by Gasteiger charge is -1.99. The molecule has 0 heterocycles. The van der Waals surface area contributed by atoms with Crippen molar-refractivity contribution < 1.29 is 14.7 Å². The minimum Gasteiger partial charge on any atom is -0.508 e. The van der Waals surface area contributed by atoms with Crippen LogP contribution in [-0.4, -0.2) is 22.9 Å². The summed E-state index contributed by atoms with van der Waals surface area (Å²) in [6, 6.07) is 6.32. The number of benzene rings is 1. The lowest BCUT2D eigenvalue weighted by molar-refractivity contribution is -0.122. The summed E-state index contributed by atoms with van der Waals surface area (Å²) in [5.41, 5.74) is 3.13. The minimum absolute atomic E-state index is 0.107. The fourth-order valence-corrected chi connectivity index (χ4v) is 1.05. The molecule has 1 aromatic rings. The Morgan fingerprint density at radius 3 is 2.88 bits per heavy atom. The summed E-state index contributed by atoms with van der Waals surface area (Å²) in [6.07, 6.45) is 0.899. The fraction of sp³-hybridized carbons (Fsp3) is 0.182. The predicted octanol–water partition coefficient (Wildman–Crippen LogP) is 1.34. The topological polar surface area (TPSA) is 78.8 Å². The largest absolute Gasteiger partial charge is 0.508 e. The molecule has 0 aromatic heterocycles. The fourth-order valence-electron chi connectivity index (χ4n) is 1.05. The molecule has 0 saturated carbocycles. The molecule has 0 aliphatic carbocycles.